The lowest BCUT2D eigenvalue weighted by atomic mass is 9.97. The van der Waals surface area contributed by atoms with E-state index in [-0.39, 0.29) is 32.2 Å². The molecule has 0 aliphatic rings. The molecule has 0 amide bonds. The van der Waals surface area contributed by atoms with E-state index in [9.17, 15) is 13.2 Å². The van der Waals surface area contributed by atoms with Crippen molar-refractivity contribution in [3.8, 4) is 23.3 Å². The Morgan fingerprint density at radius 1 is 0.918 bits per heavy atom. The molecule has 0 fully saturated rings. The minimum absolute atomic E-state index is 0.105. The number of sulfonamides is 1. The summed E-state index contributed by atoms with van der Waals surface area (Å²) in [6.45, 7) is 12.2. The maximum absolute atomic E-state index is 13.8. The smallest absolute Gasteiger partial charge is 0.306 e. The number of hydrogen-bond donors (Lipinski definition) is 0. The average molecular weight is 727 g/mol. The molecule has 1 unspecified atom stereocenters. The van der Waals surface area contributed by atoms with Gasteiger partial charge in [0.2, 0.25) is 10.0 Å². The van der Waals surface area contributed by atoms with Gasteiger partial charge in [0.05, 0.1) is 30.9 Å². The summed E-state index contributed by atoms with van der Waals surface area (Å²) in [5.41, 5.74) is 2.05. The van der Waals surface area contributed by atoms with Crippen molar-refractivity contribution in [2.45, 2.75) is 63.8 Å². The first-order valence-corrected chi connectivity index (χ1v) is 24.9. The van der Waals surface area contributed by atoms with Gasteiger partial charge in [0.1, 0.15) is 37.3 Å². The van der Waals surface area contributed by atoms with Crippen LogP contribution in [-0.4, -0.2) is 75.1 Å². The standard InChI is InChI=1S/C36H50N2O8SSi2/c1-42-36(39)23-32(26-47(40,41)38(27-43-17-19-48(2)3)28-44-18-20-49(4,5)6)31-13-15-33(16-14-31)45-25-30-10-8-12-35(22-30)46-34-11-7-9-29(21-34)24-37/h7-16,21-22,32,48H,17-20,23,25-28H2,1-6H3. The molecular formula is C36H50N2O8SSi2. The van der Waals surface area contributed by atoms with Gasteiger partial charge in [-0.15, -0.1) is 0 Å². The van der Waals surface area contributed by atoms with E-state index in [1.807, 2.05) is 24.3 Å². The number of carbonyl (C=O) groups excluding carboxylic acids is 1. The number of esters is 1. The number of hydrogen-bond acceptors (Lipinski definition) is 9. The van der Waals surface area contributed by atoms with Gasteiger partial charge in [0, 0.05) is 36.0 Å². The van der Waals surface area contributed by atoms with E-state index in [2.05, 4.69) is 38.8 Å². The molecule has 0 aliphatic carbocycles. The van der Waals surface area contributed by atoms with E-state index < -0.39 is 38.8 Å². The van der Waals surface area contributed by atoms with Crippen LogP contribution in [0.15, 0.2) is 72.8 Å². The highest BCUT2D eigenvalue weighted by molar-refractivity contribution is 7.89. The van der Waals surface area contributed by atoms with E-state index in [4.69, 9.17) is 28.9 Å². The largest absolute Gasteiger partial charge is 0.489 e. The van der Waals surface area contributed by atoms with E-state index in [1.165, 1.54) is 11.4 Å². The number of nitriles is 1. The Kier molecular flexibility index (Phi) is 16.0. The summed E-state index contributed by atoms with van der Waals surface area (Å²) in [7, 11) is -4.80. The Morgan fingerprint density at radius 2 is 1.57 bits per heavy atom. The Balaban J connectivity index is 1.69. The predicted molar refractivity (Wildman–Crippen MR) is 197 cm³/mol. The molecule has 3 aromatic rings. The van der Waals surface area contributed by atoms with Crippen molar-refractivity contribution in [1.82, 2.24) is 4.31 Å². The van der Waals surface area contributed by atoms with Gasteiger partial charge in [0.25, 0.3) is 0 Å². The number of nitrogens with zero attached hydrogens (tertiary/aromatic N) is 2. The molecule has 1 atom stereocenters. The van der Waals surface area contributed by atoms with Crippen LogP contribution < -0.4 is 9.47 Å². The third-order valence-corrected chi connectivity index (χ3v) is 12.5. The molecule has 0 aromatic heterocycles. The van der Waals surface area contributed by atoms with Crippen molar-refractivity contribution in [3.63, 3.8) is 0 Å². The molecule has 0 radical (unpaired) electrons. The Morgan fingerprint density at radius 3 is 2.20 bits per heavy atom. The first-order chi connectivity index (χ1) is 23.3. The minimum Gasteiger partial charge on any atom is -0.489 e. The number of benzene rings is 3. The van der Waals surface area contributed by atoms with Crippen molar-refractivity contribution < 1.29 is 36.9 Å². The SMILES string of the molecule is COC(=O)CC(CS(=O)(=O)N(COCC[SiH](C)C)COCC[Si](C)(C)C)c1ccc(OCc2cccc(Oc3cccc(C#N)c3)c2)cc1. The number of carbonyl (C=O) groups is 1. The molecular weight excluding hydrogens is 677 g/mol. The molecule has 3 aromatic carbocycles. The van der Waals surface area contributed by atoms with Gasteiger partial charge in [-0.05, 0) is 65.7 Å². The molecule has 0 saturated heterocycles. The fourth-order valence-electron chi connectivity index (χ4n) is 4.61. The van der Waals surface area contributed by atoms with E-state index >= 15 is 0 Å². The highest BCUT2D eigenvalue weighted by atomic mass is 32.2. The first-order valence-electron chi connectivity index (χ1n) is 16.5. The Labute approximate surface area is 294 Å². The fourth-order valence-corrected chi connectivity index (χ4v) is 7.51. The average Bonchev–Trinajstić information content (AvgIpc) is 3.06. The number of methoxy groups -OCH3 is 1. The molecule has 13 heteroatoms. The molecule has 0 spiro atoms. The molecule has 10 nitrogen and oxygen atoms in total. The van der Waals surface area contributed by atoms with Crippen LogP contribution in [-0.2, 0) is 35.6 Å². The van der Waals surface area contributed by atoms with Crippen molar-refractivity contribution in [1.29, 1.82) is 5.26 Å². The van der Waals surface area contributed by atoms with Gasteiger partial charge < -0.3 is 23.7 Å². The molecule has 0 heterocycles. The van der Waals surface area contributed by atoms with Crippen molar-refractivity contribution in [2.75, 3.05) is 39.5 Å². The summed E-state index contributed by atoms with van der Waals surface area (Å²) in [5, 5.41) is 9.15. The lowest BCUT2D eigenvalue weighted by Crippen LogP contribution is -2.39. The molecule has 3 rings (SSSR count). The molecule has 266 valence electrons. The van der Waals surface area contributed by atoms with Gasteiger partial charge in [-0.25, -0.2) is 8.42 Å². The third-order valence-electron chi connectivity index (χ3n) is 7.61. The zero-order valence-electron chi connectivity index (χ0n) is 29.5. The predicted octanol–water partition coefficient (Wildman–Crippen LogP) is 6.98. The summed E-state index contributed by atoms with van der Waals surface area (Å²) < 4.78 is 57.3. The second-order valence-electron chi connectivity index (χ2n) is 13.5. The number of ether oxygens (including phenoxy) is 5. The van der Waals surface area contributed by atoms with E-state index in [0.717, 1.165) is 17.7 Å². The normalized spacial score (nSPS) is 12.5. The van der Waals surface area contributed by atoms with E-state index in [1.54, 1.807) is 48.5 Å². The zero-order valence-corrected chi connectivity index (χ0v) is 32.5. The molecule has 0 bridgehead atoms. The van der Waals surface area contributed by atoms with Gasteiger partial charge in [0.15, 0.2) is 0 Å². The maximum atomic E-state index is 13.8. The third kappa shape index (κ3) is 14.9. The quantitative estimate of drug-likeness (QED) is 0.0495. The van der Waals surface area contributed by atoms with Crippen LogP contribution >= 0.6 is 0 Å². The number of rotatable bonds is 21. The molecule has 0 saturated carbocycles. The van der Waals surface area contributed by atoms with Gasteiger partial charge >= 0.3 is 5.97 Å². The van der Waals surface area contributed by atoms with Crippen LogP contribution in [0.2, 0.25) is 44.8 Å². The molecule has 0 N–H and O–H groups in total. The van der Waals surface area contributed by atoms with Gasteiger partial charge in [-0.2, -0.15) is 9.57 Å². The zero-order chi connectivity index (χ0) is 35.9. The highest BCUT2D eigenvalue weighted by Crippen LogP contribution is 2.28. The summed E-state index contributed by atoms with van der Waals surface area (Å²) in [4.78, 5) is 12.4. The highest BCUT2D eigenvalue weighted by Gasteiger charge is 2.30. The summed E-state index contributed by atoms with van der Waals surface area (Å²) in [6.07, 6.45) is -0.107. The van der Waals surface area contributed by atoms with Crippen LogP contribution in [0.1, 0.15) is 29.0 Å². The monoisotopic (exact) mass is 726 g/mol. The Hall–Kier alpha value is -3.52. The summed E-state index contributed by atoms with van der Waals surface area (Å²) in [6, 6.07) is 25.4. The lowest BCUT2D eigenvalue weighted by molar-refractivity contribution is -0.140. The minimum atomic E-state index is -3.89. The molecule has 49 heavy (non-hydrogen) atoms. The van der Waals surface area contributed by atoms with Crippen molar-refractivity contribution in [2.24, 2.45) is 0 Å². The Bertz CT molecular complexity index is 1620. The van der Waals surface area contributed by atoms with Gasteiger partial charge in [-0.1, -0.05) is 63.1 Å². The second kappa shape index (κ2) is 19.6. The lowest BCUT2D eigenvalue weighted by Gasteiger charge is -2.25. The maximum Gasteiger partial charge on any atom is 0.306 e. The van der Waals surface area contributed by atoms with Crippen LogP contribution in [0.5, 0.6) is 17.2 Å². The molecule has 0 aliphatic heterocycles. The first kappa shape index (κ1) is 39.9. The van der Waals surface area contributed by atoms with E-state index in [0.29, 0.717) is 41.6 Å². The van der Waals surface area contributed by atoms with Crippen molar-refractivity contribution in [3.05, 3.63) is 89.5 Å². The van der Waals surface area contributed by atoms with Gasteiger partial charge in [-0.3, -0.25) is 4.79 Å². The van der Waals surface area contributed by atoms with Crippen LogP contribution in [0.3, 0.4) is 0 Å². The fraction of sp³-hybridized carbons (Fsp3) is 0.444. The van der Waals surface area contributed by atoms with Crippen LogP contribution in [0, 0.1) is 11.3 Å². The van der Waals surface area contributed by atoms with Crippen LogP contribution in [0.4, 0.5) is 0 Å². The topological polar surface area (TPSA) is 124 Å². The van der Waals surface area contributed by atoms with Crippen LogP contribution in [0.25, 0.3) is 0 Å². The van der Waals surface area contributed by atoms with Crippen molar-refractivity contribution >= 4 is 32.9 Å². The summed E-state index contributed by atoms with van der Waals surface area (Å²) in [5.74, 6) is 0.281. The summed E-state index contributed by atoms with van der Waals surface area (Å²) >= 11 is 0. The second-order valence-corrected chi connectivity index (χ2v) is 24.5.